The summed E-state index contributed by atoms with van der Waals surface area (Å²) in [5.74, 6) is -0.325. The Hall–Kier alpha value is -1.12. The third-order valence-corrected chi connectivity index (χ3v) is 3.60. The Kier molecular flexibility index (Phi) is 5.57. The van der Waals surface area contributed by atoms with Gasteiger partial charge in [0.25, 0.3) is 0 Å². The lowest BCUT2D eigenvalue weighted by atomic mass is 10.0. The number of nitrogens with one attached hydrogen (secondary N) is 1. The van der Waals surface area contributed by atoms with Crippen molar-refractivity contribution < 1.29 is 8.78 Å². The van der Waals surface area contributed by atoms with Crippen LogP contribution in [0.15, 0.2) is 23.1 Å². The van der Waals surface area contributed by atoms with Crippen LogP contribution in [0.4, 0.5) is 8.78 Å². The first-order valence-corrected chi connectivity index (χ1v) is 6.73. The van der Waals surface area contributed by atoms with Crippen LogP contribution < -0.4 is 5.32 Å². The average molecular weight is 270 g/mol. The van der Waals surface area contributed by atoms with E-state index < -0.39 is 17.2 Å². The third-order valence-electron chi connectivity index (χ3n) is 2.57. The van der Waals surface area contributed by atoms with Gasteiger partial charge in [-0.05, 0) is 38.1 Å². The largest absolute Gasteiger partial charge is 0.300 e. The van der Waals surface area contributed by atoms with Crippen LogP contribution in [0.5, 0.6) is 0 Å². The first-order valence-electron chi connectivity index (χ1n) is 5.75. The van der Waals surface area contributed by atoms with Crippen molar-refractivity contribution in [2.45, 2.75) is 30.7 Å². The third kappa shape index (κ3) is 4.28. The fraction of sp³-hybridized carbons (Fsp3) is 0.462. The van der Waals surface area contributed by atoms with E-state index in [4.69, 9.17) is 5.26 Å². The smallest absolute Gasteiger partial charge is 0.136 e. The zero-order valence-corrected chi connectivity index (χ0v) is 11.3. The highest BCUT2D eigenvalue weighted by molar-refractivity contribution is 7.99. The van der Waals surface area contributed by atoms with Crippen LogP contribution >= 0.6 is 11.8 Å². The summed E-state index contributed by atoms with van der Waals surface area (Å²) in [5, 5.41) is 12.1. The fourth-order valence-corrected chi connectivity index (χ4v) is 2.66. The predicted octanol–water partition coefficient (Wildman–Crippen LogP) is 3.34. The molecule has 98 valence electrons. The number of nitrogens with zero attached hydrogens (tertiary/aromatic N) is 1. The van der Waals surface area contributed by atoms with Crippen LogP contribution in [0, 0.1) is 23.0 Å². The SMILES string of the molecule is CCNC(C)(C#N)CCSc1cc(F)ccc1F. The molecule has 0 spiro atoms. The molecule has 0 aliphatic carbocycles. The number of benzene rings is 1. The Morgan fingerprint density at radius 2 is 2.17 bits per heavy atom. The van der Waals surface area contributed by atoms with Gasteiger partial charge in [0, 0.05) is 10.6 Å². The monoisotopic (exact) mass is 270 g/mol. The molecule has 0 fully saturated rings. The molecule has 1 aromatic rings. The van der Waals surface area contributed by atoms with Gasteiger partial charge in [-0.15, -0.1) is 11.8 Å². The summed E-state index contributed by atoms with van der Waals surface area (Å²) in [5.41, 5.74) is -0.619. The minimum atomic E-state index is -0.619. The molecule has 1 aromatic carbocycles. The molecule has 1 atom stereocenters. The Morgan fingerprint density at radius 1 is 1.44 bits per heavy atom. The number of hydrogen-bond acceptors (Lipinski definition) is 3. The van der Waals surface area contributed by atoms with E-state index in [0.717, 1.165) is 12.1 Å². The predicted molar refractivity (Wildman–Crippen MR) is 69.4 cm³/mol. The topological polar surface area (TPSA) is 35.8 Å². The molecule has 5 heteroatoms. The molecular weight excluding hydrogens is 254 g/mol. The van der Waals surface area contributed by atoms with E-state index >= 15 is 0 Å². The summed E-state index contributed by atoms with van der Waals surface area (Å²) in [6.07, 6.45) is 0.567. The zero-order chi connectivity index (χ0) is 13.6. The van der Waals surface area contributed by atoms with Crippen LogP contribution in [-0.2, 0) is 0 Å². The van der Waals surface area contributed by atoms with E-state index in [1.165, 1.54) is 17.8 Å². The van der Waals surface area contributed by atoms with Crippen LogP contribution in [0.1, 0.15) is 20.3 Å². The van der Waals surface area contributed by atoms with Crippen molar-refractivity contribution in [3.63, 3.8) is 0 Å². The summed E-state index contributed by atoms with van der Waals surface area (Å²) in [4.78, 5) is 0.284. The summed E-state index contributed by atoms with van der Waals surface area (Å²) < 4.78 is 26.3. The zero-order valence-electron chi connectivity index (χ0n) is 10.5. The molecule has 1 rings (SSSR count). The number of halogens is 2. The van der Waals surface area contributed by atoms with E-state index in [-0.39, 0.29) is 4.90 Å². The van der Waals surface area contributed by atoms with Crippen LogP contribution in [0.2, 0.25) is 0 Å². The first-order chi connectivity index (χ1) is 8.50. The van der Waals surface area contributed by atoms with Crippen molar-refractivity contribution in [1.29, 1.82) is 5.26 Å². The molecule has 1 unspecified atom stereocenters. The quantitative estimate of drug-likeness (QED) is 0.805. The second kappa shape index (κ2) is 6.72. The minimum absolute atomic E-state index is 0.284. The van der Waals surface area contributed by atoms with Crippen molar-refractivity contribution in [3.8, 4) is 6.07 Å². The maximum absolute atomic E-state index is 13.4. The molecule has 0 bridgehead atoms. The Balaban J connectivity index is 2.56. The Morgan fingerprint density at radius 3 is 2.78 bits per heavy atom. The highest BCUT2D eigenvalue weighted by Gasteiger charge is 2.21. The van der Waals surface area contributed by atoms with Gasteiger partial charge in [-0.25, -0.2) is 8.78 Å². The second-order valence-corrected chi connectivity index (χ2v) is 5.28. The van der Waals surface area contributed by atoms with E-state index in [0.29, 0.717) is 18.7 Å². The van der Waals surface area contributed by atoms with Crippen LogP contribution in [0.25, 0.3) is 0 Å². The molecule has 0 saturated carbocycles. The van der Waals surface area contributed by atoms with Crippen molar-refractivity contribution >= 4 is 11.8 Å². The molecule has 0 radical (unpaired) electrons. The fourth-order valence-electron chi connectivity index (χ4n) is 1.53. The molecule has 1 N–H and O–H groups in total. The summed E-state index contributed by atoms with van der Waals surface area (Å²) >= 11 is 1.22. The Bertz CT molecular complexity index is 445. The lowest BCUT2D eigenvalue weighted by molar-refractivity contribution is 0.450. The van der Waals surface area contributed by atoms with Gasteiger partial charge >= 0.3 is 0 Å². The van der Waals surface area contributed by atoms with E-state index in [2.05, 4.69) is 11.4 Å². The second-order valence-electron chi connectivity index (χ2n) is 4.15. The lowest BCUT2D eigenvalue weighted by Gasteiger charge is -2.22. The normalized spacial score (nSPS) is 13.9. The van der Waals surface area contributed by atoms with Crippen molar-refractivity contribution in [2.24, 2.45) is 0 Å². The number of nitriles is 1. The lowest BCUT2D eigenvalue weighted by Crippen LogP contribution is -2.41. The molecule has 0 amide bonds. The average Bonchev–Trinajstić information content (AvgIpc) is 2.34. The number of rotatable bonds is 6. The first kappa shape index (κ1) is 14.9. The highest BCUT2D eigenvalue weighted by Crippen LogP contribution is 2.25. The van der Waals surface area contributed by atoms with Gasteiger partial charge in [0.05, 0.1) is 6.07 Å². The molecule has 2 nitrogen and oxygen atoms in total. The van der Waals surface area contributed by atoms with Crippen molar-refractivity contribution in [1.82, 2.24) is 5.32 Å². The standard InChI is InChI=1S/C13H16F2N2S/c1-3-17-13(2,9-16)6-7-18-12-8-10(14)4-5-11(12)15/h4-5,8,17H,3,6-7H2,1-2H3. The van der Waals surface area contributed by atoms with Gasteiger partial charge in [-0.2, -0.15) is 5.26 Å². The van der Waals surface area contributed by atoms with E-state index in [9.17, 15) is 8.78 Å². The van der Waals surface area contributed by atoms with Gasteiger partial charge in [-0.3, -0.25) is 5.32 Å². The van der Waals surface area contributed by atoms with Gasteiger partial charge < -0.3 is 0 Å². The molecule has 0 saturated heterocycles. The maximum Gasteiger partial charge on any atom is 0.136 e. The molecule has 0 heterocycles. The Labute approximate surface area is 110 Å². The van der Waals surface area contributed by atoms with Crippen LogP contribution in [0.3, 0.4) is 0 Å². The van der Waals surface area contributed by atoms with Gasteiger partial charge in [-0.1, -0.05) is 6.92 Å². The van der Waals surface area contributed by atoms with E-state index in [1.54, 1.807) is 6.92 Å². The van der Waals surface area contributed by atoms with Crippen molar-refractivity contribution in [3.05, 3.63) is 29.8 Å². The van der Waals surface area contributed by atoms with E-state index in [1.807, 2.05) is 6.92 Å². The summed E-state index contributed by atoms with van der Waals surface area (Å²) in [6.45, 7) is 4.43. The minimum Gasteiger partial charge on any atom is -0.300 e. The van der Waals surface area contributed by atoms with Gasteiger partial charge in [0.2, 0.25) is 0 Å². The number of hydrogen-bond donors (Lipinski definition) is 1. The number of thioether (sulfide) groups is 1. The van der Waals surface area contributed by atoms with Crippen molar-refractivity contribution in [2.75, 3.05) is 12.3 Å². The highest BCUT2D eigenvalue weighted by atomic mass is 32.2. The summed E-state index contributed by atoms with van der Waals surface area (Å²) in [6, 6.07) is 5.59. The molecular formula is C13H16F2N2S. The summed E-state index contributed by atoms with van der Waals surface area (Å²) in [7, 11) is 0. The molecule has 0 aliphatic heterocycles. The molecule has 18 heavy (non-hydrogen) atoms. The van der Waals surface area contributed by atoms with Gasteiger partial charge in [0.1, 0.15) is 17.2 Å². The maximum atomic E-state index is 13.4. The van der Waals surface area contributed by atoms with Crippen LogP contribution in [-0.4, -0.2) is 17.8 Å². The van der Waals surface area contributed by atoms with Gasteiger partial charge in [0.15, 0.2) is 0 Å². The molecule has 0 aromatic heterocycles. The molecule has 0 aliphatic rings.